The maximum Gasteiger partial charge on any atom is 0.315 e. The van der Waals surface area contributed by atoms with E-state index in [0.29, 0.717) is 0 Å². The van der Waals surface area contributed by atoms with Gasteiger partial charge in [-0.15, -0.1) is 0 Å². The number of hydrogen-bond donors (Lipinski definition) is 4. The lowest BCUT2D eigenvalue weighted by atomic mass is 9.74. The van der Waals surface area contributed by atoms with Crippen LogP contribution in [-0.2, 0) is 9.59 Å². The molecule has 4 N–H and O–H groups in total. The molecule has 0 spiro atoms. The van der Waals surface area contributed by atoms with Crippen LogP contribution in [0.3, 0.4) is 0 Å². The largest absolute Gasteiger partial charge is 0.481 e. The van der Waals surface area contributed by atoms with Crippen molar-refractivity contribution < 1.29 is 19.5 Å². The number of nitrogens with one attached hydrogen (secondary N) is 3. The van der Waals surface area contributed by atoms with Gasteiger partial charge in [-0.05, 0) is 41.5 Å². The minimum Gasteiger partial charge on any atom is -0.481 e. The number of carboxylic acid groups (broad SMARTS) is 1. The minimum absolute atomic E-state index is 0.0571. The molecule has 0 bridgehead atoms. The van der Waals surface area contributed by atoms with Gasteiger partial charge in [-0.25, -0.2) is 4.79 Å². The van der Waals surface area contributed by atoms with Crippen molar-refractivity contribution in [3.63, 3.8) is 0 Å². The zero-order valence-corrected chi connectivity index (χ0v) is 13.7. The van der Waals surface area contributed by atoms with E-state index in [1.165, 1.54) is 0 Å². The molecule has 0 atom stereocenters. The highest BCUT2D eigenvalue weighted by molar-refractivity contribution is 5.80. The van der Waals surface area contributed by atoms with Gasteiger partial charge in [-0.3, -0.25) is 9.59 Å². The Morgan fingerprint density at radius 1 is 1.10 bits per heavy atom. The van der Waals surface area contributed by atoms with Gasteiger partial charge < -0.3 is 21.1 Å². The second-order valence-corrected chi connectivity index (χ2v) is 6.41. The molecule has 0 unspecified atom stereocenters. The van der Waals surface area contributed by atoms with E-state index in [9.17, 15) is 19.5 Å². The smallest absolute Gasteiger partial charge is 0.315 e. The third kappa shape index (κ3) is 6.01. The molecule has 0 heterocycles. The van der Waals surface area contributed by atoms with E-state index >= 15 is 0 Å². The molecule has 0 rings (SSSR count). The highest BCUT2D eigenvalue weighted by Gasteiger charge is 2.44. The molecular weight excluding hydrogens is 274 g/mol. The summed E-state index contributed by atoms with van der Waals surface area (Å²) in [6.07, 6.45) is 0.175. The third-order valence-corrected chi connectivity index (χ3v) is 3.61. The maximum absolute atomic E-state index is 11.8. The van der Waals surface area contributed by atoms with Crippen molar-refractivity contribution in [1.82, 2.24) is 16.0 Å². The first-order valence-electron chi connectivity index (χ1n) is 6.99. The topological polar surface area (TPSA) is 108 Å². The Balaban J connectivity index is 4.32. The van der Waals surface area contributed by atoms with Crippen LogP contribution in [0.2, 0.25) is 0 Å². The molecular formula is C14H27N3O4. The van der Waals surface area contributed by atoms with Gasteiger partial charge in [-0.1, -0.05) is 0 Å². The molecule has 0 saturated carbocycles. The quantitative estimate of drug-likeness (QED) is 0.564. The van der Waals surface area contributed by atoms with Crippen molar-refractivity contribution in [3.8, 4) is 0 Å². The van der Waals surface area contributed by atoms with Crippen LogP contribution < -0.4 is 16.0 Å². The summed E-state index contributed by atoms with van der Waals surface area (Å²) in [6.45, 7) is 10.3. The number of rotatable bonds is 7. The fraction of sp³-hybridized carbons (Fsp3) is 0.786. The van der Waals surface area contributed by atoms with Crippen molar-refractivity contribution in [3.05, 3.63) is 0 Å². The normalized spacial score (nSPS) is 12.0. The van der Waals surface area contributed by atoms with E-state index in [-0.39, 0.29) is 24.9 Å². The number of carbonyl (C=O) groups excluding carboxylic acids is 2. The van der Waals surface area contributed by atoms with E-state index in [1.807, 2.05) is 13.8 Å². The monoisotopic (exact) mass is 301 g/mol. The van der Waals surface area contributed by atoms with Gasteiger partial charge in [0.1, 0.15) is 0 Å². The third-order valence-electron chi connectivity index (χ3n) is 3.61. The Morgan fingerprint density at radius 3 is 2.05 bits per heavy atom. The summed E-state index contributed by atoms with van der Waals surface area (Å²) < 4.78 is 0. The number of amides is 3. The van der Waals surface area contributed by atoms with Gasteiger partial charge >= 0.3 is 12.0 Å². The molecule has 0 aromatic heterocycles. The second-order valence-electron chi connectivity index (χ2n) is 6.41. The van der Waals surface area contributed by atoms with E-state index in [2.05, 4.69) is 16.0 Å². The summed E-state index contributed by atoms with van der Waals surface area (Å²) >= 11 is 0. The molecule has 0 aromatic carbocycles. The van der Waals surface area contributed by atoms with Crippen LogP contribution in [0, 0.1) is 5.41 Å². The Labute approximate surface area is 125 Å². The van der Waals surface area contributed by atoms with Crippen molar-refractivity contribution in [1.29, 1.82) is 0 Å². The lowest BCUT2D eigenvalue weighted by molar-refractivity contribution is -0.150. The van der Waals surface area contributed by atoms with Crippen LogP contribution in [0.4, 0.5) is 4.79 Å². The number of aliphatic carboxylic acids is 1. The lowest BCUT2D eigenvalue weighted by Gasteiger charge is -2.38. The highest BCUT2D eigenvalue weighted by Crippen LogP contribution is 2.30. The molecule has 0 fully saturated rings. The average molecular weight is 301 g/mol. The van der Waals surface area contributed by atoms with Crippen molar-refractivity contribution in [2.45, 2.75) is 59.5 Å². The van der Waals surface area contributed by atoms with E-state index in [0.717, 1.165) is 0 Å². The van der Waals surface area contributed by atoms with Crippen LogP contribution in [-0.4, -0.2) is 41.1 Å². The summed E-state index contributed by atoms with van der Waals surface area (Å²) in [4.78, 5) is 34.4. The number of carbonyl (C=O) groups is 3. The van der Waals surface area contributed by atoms with Crippen LogP contribution in [0.15, 0.2) is 0 Å². The molecule has 0 radical (unpaired) electrons. The summed E-state index contributed by atoms with van der Waals surface area (Å²) in [6, 6.07) is -0.437. The number of hydrogen-bond acceptors (Lipinski definition) is 3. The fourth-order valence-electron chi connectivity index (χ4n) is 1.44. The molecule has 0 aromatic rings. The van der Waals surface area contributed by atoms with Gasteiger partial charge in [0, 0.05) is 19.0 Å². The second kappa shape index (κ2) is 7.28. The molecule has 0 aliphatic carbocycles. The Morgan fingerprint density at radius 2 is 1.62 bits per heavy atom. The average Bonchev–Trinajstić information content (AvgIpc) is 2.26. The van der Waals surface area contributed by atoms with Gasteiger partial charge in [0.05, 0.1) is 11.0 Å². The maximum atomic E-state index is 11.8. The SMILES string of the molecule is CC(C)NC(=O)CCNC(=O)NC(C)(C)C(C)(C)C(=O)O. The van der Waals surface area contributed by atoms with E-state index < -0.39 is 23.0 Å². The van der Waals surface area contributed by atoms with Crippen LogP contribution >= 0.6 is 0 Å². The van der Waals surface area contributed by atoms with Crippen molar-refractivity contribution in [2.75, 3.05) is 6.54 Å². The first-order valence-corrected chi connectivity index (χ1v) is 6.99. The molecule has 7 heteroatoms. The van der Waals surface area contributed by atoms with Gasteiger partial charge in [0.25, 0.3) is 0 Å². The fourth-order valence-corrected chi connectivity index (χ4v) is 1.44. The summed E-state index contributed by atoms with van der Waals surface area (Å²) in [5, 5.41) is 17.1. The Hall–Kier alpha value is -1.79. The highest BCUT2D eigenvalue weighted by atomic mass is 16.4. The molecule has 0 aliphatic rings. The minimum atomic E-state index is -1.13. The predicted molar refractivity (Wildman–Crippen MR) is 79.9 cm³/mol. The standard InChI is InChI=1S/C14H27N3O4/c1-9(2)16-10(18)7-8-15-12(21)17-14(5,6)13(3,4)11(19)20/h9H,7-8H2,1-6H3,(H,16,18)(H,19,20)(H2,15,17,21). The van der Waals surface area contributed by atoms with Crippen molar-refractivity contribution >= 4 is 17.9 Å². The first-order chi connectivity index (χ1) is 9.40. The molecule has 122 valence electrons. The zero-order chi connectivity index (χ0) is 16.8. The van der Waals surface area contributed by atoms with E-state index in [1.54, 1.807) is 27.7 Å². The summed E-state index contributed by atoms with van der Waals surface area (Å²) in [5.74, 6) is -1.14. The van der Waals surface area contributed by atoms with Crippen LogP contribution in [0.25, 0.3) is 0 Å². The van der Waals surface area contributed by atoms with Gasteiger partial charge in [0.2, 0.25) is 5.91 Å². The number of carboxylic acids is 1. The zero-order valence-electron chi connectivity index (χ0n) is 13.7. The van der Waals surface area contributed by atoms with Gasteiger partial charge in [0.15, 0.2) is 0 Å². The first kappa shape index (κ1) is 19.2. The Kier molecular flexibility index (Phi) is 6.66. The molecule has 21 heavy (non-hydrogen) atoms. The molecule has 0 aliphatic heterocycles. The molecule has 3 amide bonds. The van der Waals surface area contributed by atoms with Gasteiger partial charge in [-0.2, -0.15) is 0 Å². The molecule has 0 saturated heterocycles. The Bertz CT molecular complexity index is 403. The lowest BCUT2D eigenvalue weighted by Crippen LogP contribution is -2.59. The van der Waals surface area contributed by atoms with Crippen LogP contribution in [0.5, 0.6) is 0 Å². The summed E-state index contributed by atoms with van der Waals surface area (Å²) in [7, 11) is 0. The molecule has 7 nitrogen and oxygen atoms in total. The summed E-state index contributed by atoms with van der Waals surface area (Å²) in [5.41, 5.74) is -2.07. The van der Waals surface area contributed by atoms with Crippen molar-refractivity contribution in [2.24, 2.45) is 5.41 Å². The number of urea groups is 1. The van der Waals surface area contributed by atoms with E-state index in [4.69, 9.17) is 0 Å². The predicted octanol–water partition coefficient (Wildman–Crippen LogP) is 1.09. The van der Waals surface area contributed by atoms with Crippen LogP contribution in [0.1, 0.15) is 48.0 Å².